The molecule has 3 amide bonds. The lowest BCUT2D eigenvalue weighted by molar-refractivity contribution is -0.382. The van der Waals surface area contributed by atoms with E-state index in [0.717, 1.165) is 4.90 Å². The number of rotatable bonds is 1. The fourth-order valence-corrected chi connectivity index (χ4v) is 2.45. The van der Waals surface area contributed by atoms with Crippen LogP contribution in [0.25, 0.3) is 0 Å². The van der Waals surface area contributed by atoms with Gasteiger partial charge in [-0.05, 0) is 24.3 Å². The summed E-state index contributed by atoms with van der Waals surface area (Å²) >= 11 is 0. The average Bonchev–Trinajstić information content (AvgIpc) is 2.53. The smallest absolute Gasteiger partial charge is 0.273 e. The van der Waals surface area contributed by atoms with E-state index in [9.17, 15) is 14.0 Å². The molecule has 1 fully saturated rings. The largest absolute Gasteiger partial charge is 0.417 e. The van der Waals surface area contributed by atoms with Crippen molar-refractivity contribution in [2.24, 2.45) is 10.9 Å². The third-order valence-electron chi connectivity index (χ3n) is 3.65. The lowest BCUT2D eigenvalue weighted by Crippen LogP contribution is -2.79. The number of benzene rings is 1. The predicted octanol–water partition coefficient (Wildman–Crippen LogP) is 0.0446. The maximum absolute atomic E-state index is 13.0. The van der Waals surface area contributed by atoms with E-state index < -0.39 is 11.9 Å². The lowest BCUT2D eigenvalue weighted by Gasteiger charge is -2.31. The Morgan fingerprint density at radius 3 is 2.50 bits per heavy atom. The lowest BCUT2D eigenvalue weighted by atomic mass is 9.95. The molecule has 112 valence electrons. The zero-order valence-electron chi connectivity index (χ0n) is 12.1. The number of hydrogen-bond acceptors (Lipinski definition) is 3. The van der Waals surface area contributed by atoms with Crippen molar-refractivity contribution in [3.63, 3.8) is 0 Å². The van der Waals surface area contributed by atoms with Gasteiger partial charge in [0.2, 0.25) is 0 Å². The highest BCUT2D eigenvalue weighted by molar-refractivity contribution is 6.30. The molecule has 0 aromatic heterocycles. The van der Waals surface area contributed by atoms with Crippen LogP contribution in [0.3, 0.4) is 0 Å². The number of halogens is 1. The maximum Gasteiger partial charge on any atom is 0.417 e. The Labute approximate surface area is 126 Å². The van der Waals surface area contributed by atoms with Crippen molar-refractivity contribution in [3.05, 3.63) is 42.4 Å². The second-order valence-electron chi connectivity index (χ2n) is 5.05. The Kier molecular flexibility index (Phi) is 3.32. The highest BCUT2D eigenvalue weighted by Gasteiger charge is 2.49. The molecule has 6 nitrogen and oxygen atoms in total. The van der Waals surface area contributed by atoms with Crippen molar-refractivity contribution >= 4 is 29.2 Å². The Bertz CT molecular complexity index is 736. The number of carbonyl (C=O) groups is 2. The van der Waals surface area contributed by atoms with Gasteiger partial charge in [0.1, 0.15) is 5.82 Å². The summed E-state index contributed by atoms with van der Waals surface area (Å²) in [6, 6.07) is 5.27. The number of urea groups is 1. The summed E-state index contributed by atoms with van der Waals surface area (Å²) in [6.07, 6.45) is 3.30. The van der Waals surface area contributed by atoms with Crippen LogP contribution < -0.4 is 4.99 Å². The summed E-state index contributed by atoms with van der Waals surface area (Å²) in [5.41, 5.74) is 1.04. The molecule has 2 aliphatic heterocycles. The van der Waals surface area contributed by atoms with E-state index in [-0.39, 0.29) is 11.7 Å². The molecular formula is C15H14FN4O2+. The molecule has 22 heavy (non-hydrogen) atoms. The van der Waals surface area contributed by atoms with Crippen LogP contribution in [-0.2, 0) is 4.79 Å². The molecule has 0 spiro atoms. The minimum absolute atomic E-state index is 0.351. The number of amides is 3. The molecule has 1 unspecified atom stereocenters. The predicted molar refractivity (Wildman–Crippen MR) is 78.0 cm³/mol. The number of nitrogens with one attached hydrogen (secondary N) is 1. The van der Waals surface area contributed by atoms with Gasteiger partial charge in [-0.25, -0.2) is 19.1 Å². The second-order valence-corrected chi connectivity index (χ2v) is 5.05. The van der Waals surface area contributed by atoms with Crippen molar-refractivity contribution in [3.8, 4) is 0 Å². The van der Waals surface area contributed by atoms with Crippen LogP contribution >= 0.6 is 0 Å². The quantitative estimate of drug-likeness (QED) is 0.796. The number of carbonyl (C=O) groups excluding carboxylic acids is 2. The van der Waals surface area contributed by atoms with Crippen LogP contribution in [0.4, 0.5) is 14.9 Å². The Balaban J connectivity index is 2.02. The molecular weight excluding hydrogens is 287 g/mol. The monoisotopic (exact) mass is 301 g/mol. The first-order valence-corrected chi connectivity index (χ1v) is 6.68. The van der Waals surface area contributed by atoms with Crippen molar-refractivity contribution in [2.45, 2.75) is 0 Å². The van der Waals surface area contributed by atoms with Crippen molar-refractivity contribution in [2.75, 3.05) is 14.1 Å². The topological polar surface area (TPSA) is 67.0 Å². The summed E-state index contributed by atoms with van der Waals surface area (Å²) in [4.78, 5) is 34.2. The van der Waals surface area contributed by atoms with Gasteiger partial charge in [-0.15, -0.1) is 0 Å². The normalized spacial score (nSPS) is 23.0. The van der Waals surface area contributed by atoms with Crippen LogP contribution in [0.5, 0.6) is 0 Å². The molecule has 1 atom stereocenters. The summed E-state index contributed by atoms with van der Waals surface area (Å²) in [5.74, 6) is -0.911. The zero-order chi connectivity index (χ0) is 15.9. The average molecular weight is 301 g/mol. The van der Waals surface area contributed by atoms with E-state index >= 15 is 0 Å². The Morgan fingerprint density at radius 1 is 1.14 bits per heavy atom. The van der Waals surface area contributed by atoms with Gasteiger partial charge in [-0.3, -0.25) is 9.79 Å². The number of allylic oxidation sites excluding steroid dienone is 1. The SMILES string of the molecule is CN1C(=O)C2C(=Nc3ccc(F)cc3)C=C[NH+]=C2N(C)C1=O. The van der Waals surface area contributed by atoms with E-state index in [1.165, 1.54) is 36.2 Å². The molecule has 3 rings (SSSR count). The van der Waals surface area contributed by atoms with Gasteiger partial charge in [0, 0.05) is 13.1 Å². The van der Waals surface area contributed by atoms with E-state index in [2.05, 4.69) is 9.98 Å². The standard InChI is InChI=1S/C15H13FN4O2/c1-19-13-12(14(21)20(2)15(19)22)11(7-8-17-13)18-10-5-3-9(16)4-6-10/h3-8,12H,1-2H3/p+1. The van der Waals surface area contributed by atoms with Crippen LogP contribution in [0.2, 0.25) is 0 Å². The number of hydrogen-bond donors (Lipinski definition) is 1. The highest BCUT2D eigenvalue weighted by Crippen LogP contribution is 2.21. The number of fused-ring (bicyclic) bond motifs is 1. The van der Waals surface area contributed by atoms with Gasteiger partial charge < -0.3 is 0 Å². The van der Waals surface area contributed by atoms with E-state index in [4.69, 9.17) is 0 Å². The molecule has 1 aromatic rings. The molecule has 2 heterocycles. The summed E-state index contributed by atoms with van der Waals surface area (Å²) in [5, 5.41) is 0. The first-order chi connectivity index (χ1) is 10.5. The highest BCUT2D eigenvalue weighted by atomic mass is 19.1. The molecule has 1 N–H and O–H groups in total. The van der Waals surface area contributed by atoms with Crippen LogP contribution in [0.1, 0.15) is 0 Å². The van der Waals surface area contributed by atoms with E-state index in [1.54, 1.807) is 19.3 Å². The fraction of sp³-hybridized carbons (Fsp3) is 0.200. The number of aliphatic imine (C=N–C) groups is 1. The zero-order valence-corrected chi connectivity index (χ0v) is 12.1. The van der Waals surface area contributed by atoms with Crippen LogP contribution in [0, 0.1) is 11.7 Å². The van der Waals surface area contributed by atoms with Gasteiger partial charge >= 0.3 is 6.03 Å². The summed E-state index contributed by atoms with van der Waals surface area (Å²) in [7, 11) is 3.03. The second kappa shape index (κ2) is 5.18. The van der Waals surface area contributed by atoms with Crippen molar-refractivity contribution < 1.29 is 19.0 Å². The molecule has 0 radical (unpaired) electrons. The molecule has 2 aliphatic rings. The first kappa shape index (κ1) is 14.1. The van der Waals surface area contributed by atoms with Crippen molar-refractivity contribution in [1.82, 2.24) is 9.80 Å². The molecule has 0 aliphatic carbocycles. The fourth-order valence-electron chi connectivity index (χ4n) is 2.45. The number of imide groups is 1. The van der Waals surface area contributed by atoms with Crippen molar-refractivity contribution in [1.29, 1.82) is 0 Å². The minimum Gasteiger partial charge on any atom is -0.273 e. The Morgan fingerprint density at radius 2 is 1.82 bits per heavy atom. The van der Waals surface area contributed by atoms with Crippen LogP contribution in [-0.4, -0.2) is 47.4 Å². The van der Waals surface area contributed by atoms with E-state index in [1.807, 2.05) is 0 Å². The van der Waals surface area contributed by atoms with Gasteiger partial charge in [0.15, 0.2) is 5.92 Å². The minimum atomic E-state index is -0.678. The number of amidine groups is 1. The van der Waals surface area contributed by atoms with Gasteiger partial charge in [0.25, 0.3) is 11.7 Å². The molecule has 0 saturated carbocycles. The summed E-state index contributed by atoms with van der Waals surface area (Å²) < 4.78 is 13.0. The van der Waals surface area contributed by atoms with E-state index in [0.29, 0.717) is 17.2 Å². The molecule has 1 saturated heterocycles. The number of nitrogens with zero attached hydrogens (tertiary/aromatic N) is 3. The van der Waals surface area contributed by atoms with Gasteiger partial charge in [-0.1, -0.05) is 0 Å². The summed E-state index contributed by atoms with van der Waals surface area (Å²) in [6.45, 7) is 0. The maximum atomic E-state index is 13.0. The first-order valence-electron chi connectivity index (χ1n) is 6.68. The Hall–Kier alpha value is -2.83. The molecule has 7 heteroatoms. The van der Waals surface area contributed by atoms with Crippen LogP contribution in [0.15, 0.2) is 41.5 Å². The third kappa shape index (κ3) is 2.20. The molecule has 0 bridgehead atoms. The van der Waals surface area contributed by atoms with Gasteiger partial charge in [-0.2, -0.15) is 4.90 Å². The van der Waals surface area contributed by atoms with Gasteiger partial charge in [0.05, 0.1) is 24.6 Å². The third-order valence-corrected chi connectivity index (χ3v) is 3.65. The molecule has 1 aromatic carbocycles.